The fourth-order valence-electron chi connectivity index (χ4n) is 2.43. The summed E-state index contributed by atoms with van der Waals surface area (Å²) in [6.45, 7) is 13.5. The average molecular weight is 479 g/mol. The summed E-state index contributed by atoms with van der Waals surface area (Å²) in [5, 5.41) is 0. The van der Waals surface area contributed by atoms with E-state index in [9.17, 15) is 0 Å². The Kier molecular flexibility index (Phi) is 7.86. The van der Waals surface area contributed by atoms with Crippen LogP contribution in [0.15, 0.2) is 36.4 Å². The second-order valence-corrected chi connectivity index (χ2v) is 10.6. The highest BCUT2D eigenvalue weighted by Crippen LogP contribution is 2.20. The van der Waals surface area contributed by atoms with Gasteiger partial charge in [0.15, 0.2) is 7.14 Å². The molecule has 0 fully saturated rings. The molecule has 0 heterocycles. The van der Waals surface area contributed by atoms with Gasteiger partial charge in [-0.3, -0.25) is 0 Å². The van der Waals surface area contributed by atoms with Crippen LogP contribution in [0.4, 0.5) is 0 Å². The van der Waals surface area contributed by atoms with Gasteiger partial charge in [0.2, 0.25) is 0 Å². The van der Waals surface area contributed by atoms with Crippen LogP contribution in [0, 0.1) is 38.2 Å². The molecular weight excluding hydrogens is 455 g/mol. The van der Waals surface area contributed by atoms with Crippen LogP contribution in [0.3, 0.4) is 0 Å². The van der Waals surface area contributed by atoms with Crippen molar-refractivity contribution in [2.24, 2.45) is 0 Å². The summed E-state index contributed by atoms with van der Waals surface area (Å²) in [6.07, 6.45) is 0. The second-order valence-electron chi connectivity index (χ2n) is 6.94. The molecule has 2 aromatic rings. The lowest BCUT2D eigenvalue weighted by Crippen LogP contribution is -3.62. The first-order valence-electron chi connectivity index (χ1n) is 7.72. The van der Waals surface area contributed by atoms with Crippen LogP contribution >= 0.6 is 0 Å². The highest BCUT2D eigenvalue weighted by molar-refractivity contribution is 5.27. The Labute approximate surface area is 162 Å². The number of hydrogen-bond acceptors (Lipinski definition) is 4. The average Bonchev–Trinajstić information content (AvgIpc) is 2.40. The molecule has 0 aliphatic rings. The molecule has 0 N–H and O–H groups in total. The number of rotatable bonds is 2. The molecule has 0 atom stereocenters. The molecule has 2 aromatic carbocycles. The normalized spacial score (nSPS) is 11.8. The van der Waals surface area contributed by atoms with Crippen molar-refractivity contribution in [3.05, 3.63) is 65.8 Å². The van der Waals surface area contributed by atoms with Gasteiger partial charge in [0.1, 0.15) is 0 Å². The molecule has 0 radical (unpaired) electrons. The van der Waals surface area contributed by atoms with Crippen LogP contribution in [-0.4, -0.2) is 0 Å². The molecule has 6 heteroatoms. The van der Waals surface area contributed by atoms with E-state index in [4.69, 9.17) is 18.6 Å². The zero-order valence-corrected chi connectivity index (χ0v) is 18.3. The van der Waals surface area contributed by atoms with Crippen molar-refractivity contribution < 1.29 is 50.1 Å². The van der Waals surface area contributed by atoms with Gasteiger partial charge in [0, 0.05) is 11.1 Å². The van der Waals surface area contributed by atoms with Crippen molar-refractivity contribution in [1.82, 2.24) is 0 Å². The smallest absolute Gasteiger partial charge is 0.222 e. The van der Waals surface area contributed by atoms with Crippen LogP contribution < -0.4 is 39.8 Å². The first-order valence-corrected chi connectivity index (χ1v) is 11.1. The molecule has 0 spiro atoms. The predicted octanol–water partition coefficient (Wildman–Crippen LogP) is -2.72. The maximum Gasteiger partial charge on any atom is 0.358 e. The fraction of sp³-hybridized carbons (Fsp3) is 0.368. The molecule has 0 amide bonds. The molecule has 0 aliphatic heterocycles. The molecular formula is C19H24ClIO4. The van der Waals surface area contributed by atoms with E-state index < -0.39 is 10.2 Å². The summed E-state index contributed by atoms with van der Waals surface area (Å²) in [6, 6.07) is 13.9. The van der Waals surface area contributed by atoms with Gasteiger partial charge >= 0.3 is 21.2 Å². The predicted molar refractivity (Wildman–Crippen MR) is 83.2 cm³/mol. The number of hydrogen-bond donors (Lipinski definition) is 0. The maximum atomic E-state index is 8.49. The van der Waals surface area contributed by atoms with E-state index in [-0.39, 0.29) is 26.6 Å². The zero-order valence-electron chi connectivity index (χ0n) is 15.4. The third-order valence-electron chi connectivity index (χ3n) is 3.49. The van der Waals surface area contributed by atoms with Gasteiger partial charge in [-0.2, -0.15) is 0 Å². The van der Waals surface area contributed by atoms with Crippen LogP contribution in [0.2, 0.25) is 0 Å². The van der Waals surface area contributed by atoms with Crippen molar-refractivity contribution in [1.29, 1.82) is 0 Å². The zero-order chi connectivity index (χ0) is 19.4. The van der Waals surface area contributed by atoms with E-state index in [0.717, 1.165) is 0 Å². The molecule has 0 aromatic heterocycles. The van der Waals surface area contributed by atoms with E-state index in [0.29, 0.717) is 0 Å². The molecule has 25 heavy (non-hydrogen) atoms. The van der Waals surface area contributed by atoms with Crippen LogP contribution in [0.1, 0.15) is 43.0 Å². The molecule has 0 aliphatic carbocycles. The molecule has 0 saturated heterocycles. The summed E-state index contributed by atoms with van der Waals surface area (Å²) >= 11 is -0.0770. The van der Waals surface area contributed by atoms with Gasteiger partial charge in [-0.1, -0.05) is 50.6 Å². The number of halogens is 2. The van der Waals surface area contributed by atoms with Gasteiger partial charge in [-0.15, -0.1) is 10.2 Å². The lowest BCUT2D eigenvalue weighted by atomic mass is 9.87. The maximum absolute atomic E-state index is 8.49. The van der Waals surface area contributed by atoms with E-state index in [1.165, 1.54) is 25.8 Å². The molecule has 4 nitrogen and oxygen atoms in total. The SMILES string of the molecule is Cc1cc(C)c([I+]c2ccc(C(C)(C)C)cc2)c(C)c1.[O-][Cl+3]([O-])([O-])[O-]. The molecule has 0 saturated carbocycles. The Morgan fingerprint density at radius 3 is 1.56 bits per heavy atom. The largest absolute Gasteiger partial charge is 0.358 e. The Morgan fingerprint density at radius 1 is 0.800 bits per heavy atom. The first kappa shape index (κ1) is 22.3. The Morgan fingerprint density at radius 2 is 1.20 bits per heavy atom. The lowest BCUT2D eigenvalue weighted by molar-refractivity contribution is -2.00. The first-order chi connectivity index (χ1) is 11.3. The quantitative estimate of drug-likeness (QED) is 0.439. The third-order valence-corrected chi connectivity index (χ3v) is 7.08. The standard InChI is InChI=1S/C19H24I.ClHO4/c1-13-11-14(2)18(15(3)12-13)20-17-9-7-16(8-10-17)19(4,5)6;2-1(3,4)5/h7-12H,1-6H3;(H,2,3,4,5)/q+1;/p-1. The van der Waals surface area contributed by atoms with Gasteiger partial charge in [0.25, 0.3) is 0 Å². The van der Waals surface area contributed by atoms with E-state index in [2.05, 4.69) is 77.9 Å². The van der Waals surface area contributed by atoms with E-state index in [1.54, 1.807) is 3.57 Å². The van der Waals surface area contributed by atoms with Crippen molar-refractivity contribution >= 4 is 0 Å². The summed E-state index contributed by atoms with van der Waals surface area (Å²) in [4.78, 5) is 0. The molecule has 0 unspecified atom stereocenters. The van der Waals surface area contributed by atoms with Gasteiger partial charge in [-0.25, -0.2) is 18.6 Å². The molecule has 0 bridgehead atoms. The summed E-state index contributed by atoms with van der Waals surface area (Å²) in [7, 11) is -4.94. The van der Waals surface area contributed by atoms with Gasteiger partial charge in [-0.05, 0) is 43.9 Å². The van der Waals surface area contributed by atoms with Crippen LogP contribution in [-0.2, 0) is 5.41 Å². The summed E-state index contributed by atoms with van der Waals surface area (Å²) in [5.41, 5.74) is 5.94. The summed E-state index contributed by atoms with van der Waals surface area (Å²) in [5.74, 6) is 0. The number of aryl methyl sites for hydroxylation is 3. The van der Waals surface area contributed by atoms with Gasteiger partial charge in [0.05, 0.1) is 0 Å². The third kappa shape index (κ3) is 8.48. The van der Waals surface area contributed by atoms with Crippen molar-refractivity contribution in [2.75, 3.05) is 0 Å². The minimum Gasteiger partial charge on any atom is -0.222 e. The highest BCUT2D eigenvalue weighted by Gasteiger charge is 2.22. The second kappa shape index (κ2) is 8.79. The minimum atomic E-state index is -4.94. The monoisotopic (exact) mass is 478 g/mol. The van der Waals surface area contributed by atoms with Gasteiger partial charge < -0.3 is 0 Å². The Hall–Kier alpha value is -0.700. The van der Waals surface area contributed by atoms with Crippen molar-refractivity contribution in [2.45, 2.75) is 47.0 Å². The number of benzene rings is 2. The van der Waals surface area contributed by atoms with E-state index >= 15 is 0 Å². The fourth-order valence-corrected chi connectivity index (χ4v) is 4.94. The topological polar surface area (TPSA) is 92.2 Å². The van der Waals surface area contributed by atoms with Crippen LogP contribution in [0.5, 0.6) is 0 Å². The molecule has 2 rings (SSSR count). The molecule has 138 valence electrons. The minimum absolute atomic E-state index is 0.0770. The van der Waals surface area contributed by atoms with Crippen molar-refractivity contribution in [3.8, 4) is 0 Å². The van der Waals surface area contributed by atoms with E-state index in [1.807, 2.05) is 0 Å². The van der Waals surface area contributed by atoms with Crippen LogP contribution in [0.25, 0.3) is 0 Å². The highest BCUT2D eigenvalue weighted by atomic mass is 127. The Bertz CT molecular complexity index is 672. The Balaban J connectivity index is 0.000000550. The summed E-state index contributed by atoms with van der Waals surface area (Å²) < 4.78 is 37.1. The lowest BCUT2D eigenvalue weighted by Gasteiger charge is -2.18. The van der Waals surface area contributed by atoms with Crippen molar-refractivity contribution in [3.63, 3.8) is 0 Å².